The van der Waals surface area contributed by atoms with Crippen molar-refractivity contribution < 1.29 is 24.2 Å². The lowest BCUT2D eigenvalue weighted by Gasteiger charge is -2.38. The summed E-state index contributed by atoms with van der Waals surface area (Å²) in [5, 5.41) is 9.30. The minimum Gasteiger partial charge on any atom is -0.465 e. The number of alkyl halides is 1. The number of benzene rings is 1. The van der Waals surface area contributed by atoms with Gasteiger partial charge in [-0.25, -0.2) is 0 Å². The topological polar surface area (TPSA) is 90.4 Å². The highest BCUT2D eigenvalue weighted by Gasteiger charge is 2.76. The molecule has 3 fully saturated rings. The number of amides is 2. The molecule has 1 aromatic rings. The number of halogens is 1. The molecule has 3 aliphatic rings. The molecule has 3 saturated heterocycles. The van der Waals surface area contributed by atoms with Crippen molar-refractivity contribution in [2.24, 2.45) is 11.8 Å². The van der Waals surface area contributed by atoms with Crippen LogP contribution < -0.4 is 9.80 Å². The number of thioether (sulfide) groups is 1. The van der Waals surface area contributed by atoms with E-state index in [0.29, 0.717) is 38.8 Å². The number of carbonyl (C=O) groups excluding carboxylic acids is 3. The van der Waals surface area contributed by atoms with E-state index in [9.17, 15) is 19.5 Å². The van der Waals surface area contributed by atoms with E-state index in [-0.39, 0.29) is 41.1 Å². The quantitative estimate of drug-likeness (QED) is 0.118. The van der Waals surface area contributed by atoms with Crippen molar-refractivity contribution >= 4 is 56.9 Å². The van der Waals surface area contributed by atoms with Crippen molar-refractivity contribution in [3.8, 4) is 0 Å². The highest BCUT2D eigenvalue weighted by atomic mass is 79.9. The number of allylic oxidation sites excluding steroid dienone is 1. The van der Waals surface area contributed by atoms with E-state index in [4.69, 9.17) is 4.74 Å². The van der Waals surface area contributed by atoms with Crippen molar-refractivity contribution in [3.05, 3.63) is 49.6 Å². The minimum atomic E-state index is -0.752. The van der Waals surface area contributed by atoms with Gasteiger partial charge in [-0.2, -0.15) is 0 Å². The average molecular weight is 663 g/mol. The van der Waals surface area contributed by atoms with Gasteiger partial charge in [0.2, 0.25) is 5.91 Å². The summed E-state index contributed by atoms with van der Waals surface area (Å²) < 4.78 is 4.93. The molecule has 3 heterocycles. The molecular formula is C32H44BrN3O5S. The highest BCUT2D eigenvalue weighted by Crippen LogP contribution is 2.68. The van der Waals surface area contributed by atoms with Gasteiger partial charge in [-0.3, -0.25) is 14.4 Å². The van der Waals surface area contributed by atoms with Gasteiger partial charge < -0.3 is 24.5 Å². The SMILES string of the molecule is C=CCCCOC(=O)[C@H]1[C@@H]2SC3(CC2Br)C(C(=O)N(CC=C)c2ccc(N(CC)CC)cc2)N(CCCCO)C(=O)[C@H]13. The highest BCUT2D eigenvalue weighted by molar-refractivity contribution is 9.09. The van der Waals surface area contributed by atoms with E-state index in [0.717, 1.165) is 30.9 Å². The summed E-state index contributed by atoms with van der Waals surface area (Å²) >= 11 is 5.41. The molecule has 1 aromatic carbocycles. The Balaban J connectivity index is 1.69. The van der Waals surface area contributed by atoms with Crippen molar-refractivity contribution in [3.63, 3.8) is 0 Å². The molecule has 2 bridgehead atoms. The number of unbranched alkanes of at least 4 members (excludes halogenated alkanes) is 2. The molecule has 0 radical (unpaired) electrons. The first-order valence-corrected chi connectivity index (χ1v) is 16.9. The largest absolute Gasteiger partial charge is 0.465 e. The third kappa shape index (κ3) is 6.04. The molecule has 3 aliphatic heterocycles. The molecule has 42 heavy (non-hydrogen) atoms. The number of hydrogen-bond donors (Lipinski definition) is 1. The first-order valence-electron chi connectivity index (χ1n) is 15.1. The van der Waals surface area contributed by atoms with Crippen LogP contribution in [0, 0.1) is 11.8 Å². The van der Waals surface area contributed by atoms with Crippen molar-refractivity contribution in [2.45, 2.75) is 66.8 Å². The number of fused-ring (bicyclic) bond motifs is 1. The second kappa shape index (κ2) is 14.4. The zero-order valence-corrected chi connectivity index (χ0v) is 27.2. The van der Waals surface area contributed by atoms with Gasteiger partial charge in [0.1, 0.15) is 6.04 Å². The van der Waals surface area contributed by atoms with Crippen LogP contribution in [0.15, 0.2) is 49.6 Å². The summed E-state index contributed by atoms with van der Waals surface area (Å²) in [4.78, 5) is 48.0. The summed E-state index contributed by atoms with van der Waals surface area (Å²) in [6.45, 7) is 14.5. The summed E-state index contributed by atoms with van der Waals surface area (Å²) in [6, 6.07) is 7.20. The van der Waals surface area contributed by atoms with Crippen molar-refractivity contribution in [1.29, 1.82) is 0 Å². The van der Waals surface area contributed by atoms with Gasteiger partial charge in [-0.05, 0) is 70.2 Å². The zero-order valence-electron chi connectivity index (χ0n) is 24.8. The Hall–Kier alpha value is -2.30. The summed E-state index contributed by atoms with van der Waals surface area (Å²) in [5.41, 5.74) is 1.82. The Morgan fingerprint density at radius 3 is 2.45 bits per heavy atom. The number of rotatable bonds is 16. The lowest BCUT2D eigenvalue weighted by Crippen LogP contribution is -2.55. The van der Waals surface area contributed by atoms with Crippen LogP contribution in [0.1, 0.15) is 46.0 Å². The van der Waals surface area contributed by atoms with Gasteiger partial charge >= 0.3 is 5.97 Å². The number of nitrogens with zero attached hydrogens (tertiary/aromatic N) is 3. The maximum Gasteiger partial charge on any atom is 0.310 e. The first-order chi connectivity index (χ1) is 20.3. The molecule has 1 N–H and O–H groups in total. The number of anilines is 2. The molecule has 0 aliphatic carbocycles. The standard InChI is InChI=1S/C32H44BrN3O5S/c1-5-9-12-20-41-31(40)25-26-29(38)36(18-10-11-19-37)28(32(26)21-24(33)27(25)42-32)30(39)35(17-6-2)23-15-13-22(14-16-23)34(7-3)8-4/h5-6,13-16,24-28,37H,1-2,7-12,17-21H2,3-4H3/t24?,25-,26+,27-,28?,32?/m1/s1. The van der Waals surface area contributed by atoms with Gasteiger partial charge in [0.25, 0.3) is 5.91 Å². The van der Waals surface area contributed by atoms with E-state index < -0.39 is 22.6 Å². The molecule has 0 aromatic heterocycles. The molecule has 1 spiro atoms. The Kier molecular flexibility index (Phi) is 11.2. The van der Waals surface area contributed by atoms with E-state index in [2.05, 4.69) is 47.8 Å². The molecule has 2 amide bonds. The molecule has 10 heteroatoms. The maximum atomic E-state index is 14.7. The Morgan fingerprint density at radius 2 is 1.83 bits per heavy atom. The van der Waals surface area contributed by atoms with Crippen molar-refractivity contribution in [1.82, 2.24) is 4.90 Å². The molecule has 4 rings (SSSR count). The summed E-state index contributed by atoms with van der Waals surface area (Å²) in [7, 11) is 0. The number of likely N-dealkylation sites (tertiary alicyclic amines) is 1. The van der Waals surface area contributed by atoms with Gasteiger partial charge in [-0.15, -0.1) is 24.9 Å². The van der Waals surface area contributed by atoms with Crippen LogP contribution in [0.5, 0.6) is 0 Å². The van der Waals surface area contributed by atoms with Gasteiger partial charge in [0.05, 0.1) is 23.2 Å². The maximum absolute atomic E-state index is 14.7. The predicted octanol–water partition coefficient (Wildman–Crippen LogP) is 4.80. The summed E-state index contributed by atoms with van der Waals surface area (Å²) in [6.07, 6.45) is 6.61. The van der Waals surface area contributed by atoms with Gasteiger partial charge in [0.15, 0.2) is 0 Å². The molecule has 230 valence electrons. The first kappa shape index (κ1) is 32.6. The number of aliphatic hydroxyl groups excluding tert-OH is 1. The van der Waals surface area contributed by atoms with E-state index in [1.54, 1.807) is 33.7 Å². The van der Waals surface area contributed by atoms with Crippen LogP contribution in [0.2, 0.25) is 0 Å². The van der Waals surface area contributed by atoms with Crippen LogP contribution >= 0.6 is 27.7 Å². The fourth-order valence-corrected chi connectivity index (χ4v) is 10.4. The van der Waals surface area contributed by atoms with E-state index >= 15 is 0 Å². The number of carbonyl (C=O) groups is 3. The minimum absolute atomic E-state index is 0.0106. The third-order valence-electron chi connectivity index (χ3n) is 8.77. The molecule has 3 unspecified atom stereocenters. The Bertz CT molecular complexity index is 1150. The smallest absolute Gasteiger partial charge is 0.310 e. The molecular weight excluding hydrogens is 618 g/mol. The normalized spacial score (nSPS) is 27.6. The van der Waals surface area contributed by atoms with Crippen LogP contribution in [0.4, 0.5) is 11.4 Å². The van der Waals surface area contributed by atoms with Gasteiger partial charge in [0, 0.05) is 54.2 Å². The number of esters is 1. The molecule has 0 saturated carbocycles. The Labute approximate surface area is 262 Å². The average Bonchev–Trinajstić information content (AvgIpc) is 3.58. The third-order valence-corrected chi connectivity index (χ3v) is 12.0. The number of hydrogen-bond acceptors (Lipinski definition) is 7. The predicted molar refractivity (Wildman–Crippen MR) is 173 cm³/mol. The van der Waals surface area contributed by atoms with Crippen LogP contribution in [0.3, 0.4) is 0 Å². The zero-order chi connectivity index (χ0) is 30.4. The number of ether oxygens (including phenoxy) is 1. The van der Waals surface area contributed by atoms with Gasteiger partial charge in [-0.1, -0.05) is 28.1 Å². The second-order valence-corrected chi connectivity index (χ2v) is 13.9. The van der Waals surface area contributed by atoms with Crippen LogP contribution in [-0.2, 0) is 19.1 Å². The van der Waals surface area contributed by atoms with Crippen LogP contribution in [0.25, 0.3) is 0 Å². The lowest BCUT2D eigenvalue weighted by atomic mass is 9.71. The van der Waals surface area contributed by atoms with E-state index in [1.165, 1.54) is 0 Å². The monoisotopic (exact) mass is 661 g/mol. The fraction of sp³-hybridized carbons (Fsp3) is 0.594. The molecule has 8 nitrogen and oxygen atoms in total. The Morgan fingerprint density at radius 1 is 1.14 bits per heavy atom. The van der Waals surface area contributed by atoms with E-state index in [1.807, 2.05) is 24.3 Å². The van der Waals surface area contributed by atoms with Crippen molar-refractivity contribution in [2.75, 3.05) is 49.2 Å². The van der Waals surface area contributed by atoms with Crippen LogP contribution in [-0.4, -0.2) is 88.0 Å². The lowest BCUT2D eigenvalue weighted by molar-refractivity contribution is -0.154. The fourth-order valence-electron chi connectivity index (χ4n) is 6.84. The molecule has 6 atom stereocenters. The summed E-state index contributed by atoms with van der Waals surface area (Å²) in [5.74, 6) is -1.95. The number of aliphatic hydroxyl groups is 1. The second-order valence-electron chi connectivity index (χ2n) is 11.2.